The van der Waals surface area contributed by atoms with Crippen molar-refractivity contribution in [1.82, 2.24) is 24.6 Å². The Bertz CT molecular complexity index is 1360. The van der Waals surface area contributed by atoms with Crippen molar-refractivity contribution in [2.45, 2.75) is 19.4 Å². The van der Waals surface area contributed by atoms with Crippen molar-refractivity contribution in [3.05, 3.63) is 77.1 Å². The molecule has 1 aliphatic rings. The van der Waals surface area contributed by atoms with E-state index in [-0.39, 0.29) is 17.5 Å². The number of hydrogen-bond acceptors (Lipinski definition) is 4. The topological polar surface area (TPSA) is 63.9 Å². The molecule has 4 aromatic rings. The van der Waals surface area contributed by atoms with Crippen LogP contribution in [0.2, 0.25) is 0 Å². The van der Waals surface area contributed by atoms with E-state index >= 15 is 0 Å². The van der Waals surface area contributed by atoms with Crippen molar-refractivity contribution in [3.8, 4) is 11.3 Å². The van der Waals surface area contributed by atoms with Gasteiger partial charge in [0.2, 0.25) is 0 Å². The van der Waals surface area contributed by atoms with E-state index in [2.05, 4.69) is 15.1 Å². The summed E-state index contributed by atoms with van der Waals surface area (Å²) in [5, 5.41) is 5.37. The van der Waals surface area contributed by atoms with E-state index in [4.69, 9.17) is 0 Å². The quantitative estimate of drug-likeness (QED) is 0.441. The van der Waals surface area contributed by atoms with Crippen LogP contribution in [0.1, 0.15) is 34.6 Å². The second kappa shape index (κ2) is 7.44. The minimum absolute atomic E-state index is 0.158. The number of fused-ring (bicyclic) bond motifs is 2. The summed E-state index contributed by atoms with van der Waals surface area (Å²) in [5.74, 6) is -4.17. The number of aromatic nitrogens is 4. The second-order valence-corrected chi connectivity index (χ2v) is 7.81. The molecule has 9 heteroatoms. The molecular weight excluding hydrogens is 419 g/mol. The molecule has 0 N–H and O–H groups in total. The molecule has 32 heavy (non-hydrogen) atoms. The molecule has 0 spiro atoms. The maximum Gasteiger partial charge on any atom is 0.254 e. The molecule has 0 unspecified atom stereocenters. The summed E-state index contributed by atoms with van der Waals surface area (Å²) < 4.78 is 42.6. The number of aryl methyl sites for hydroxylation is 1. The van der Waals surface area contributed by atoms with Gasteiger partial charge in [0.15, 0.2) is 17.5 Å². The highest BCUT2D eigenvalue weighted by Gasteiger charge is 2.33. The molecule has 6 nitrogen and oxygen atoms in total. The highest BCUT2D eigenvalue weighted by Crippen LogP contribution is 2.37. The third-order valence-corrected chi connectivity index (χ3v) is 5.91. The number of amides is 1. The third-order valence-electron chi connectivity index (χ3n) is 5.91. The number of carbonyl (C=O) groups is 1. The molecule has 0 saturated heterocycles. The first kappa shape index (κ1) is 20.2. The van der Waals surface area contributed by atoms with Gasteiger partial charge >= 0.3 is 0 Å². The van der Waals surface area contributed by atoms with Crippen molar-refractivity contribution in [2.75, 3.05) is 6.54 Å². The fourth-order valence-electron chi connectivity index (χ4n) is 4.35. The van der Waals surface area contributed by atoms with Gasteiger partial charge in [-0.05, 0) is 37.6 Å². The van der Waals surface area contributed by atoms with Crippen LogP contribution in [-0.2, 0) is 13.5 Å². The highest BCUT2D eigenvalue weighted by atomic mass is 19.2. The van der Waals surface area contributed by atoms with Crippen LogP contribution in [0.3, 0.4) is 0 Å². The van der Waals surface area contributed by atoms with Gasteiger partial charge in [0.05, 0.1) is 22.9 Å². The molecule has 5 rings (SSSR count). The summed E-state index contributed by atoms with van der Waals surface area (Å²) >= 11 is 0. The third kappa shape index (κ3) is 3.12. The minimum Gasteiger partial charge on any atom is -0.330 e. The Labute approximate surface area is 181 Å². The van der Waals surface area contributed by atoms with Gasteiger partial charge in [-0.1, -0.05) is 6.07 Å². The van der Waals surface area contributed by atoms with Gasteiger partial charge in [-0.2, -0.15) is 5.10 Å². The lowest BCUT2D eigenvalue weighted by Gasteiger charge is -2.33. The first-order valence-electron chi connectivity index (χ1n) is 10.1. The van der Waals surface area contributed by atoms with Gasteiger partial charge in [0.1, 0.15) is 6.33 Å². The van der Waals surface area contributed by atoms with Gasteiger partial charge in [-0.25, -0.2) is 23.1 Å². The Morgan fingerprint density at radius 1 is 1.12 bits per heavy atom. The van der Waals surface area contributed by atoms with Crippen molar-refractivity contribution in [1.29, 1.82) is 0 Å². The fraction of sp³-hybridized carbons (Fsp3) is 0.217. The standard InChI is InChI=1S/C23H18F3N5O/c1-12-21-16(22(30(2)29-21)15-7-17(24)20(26)18(25)8-15)5-6-31(12)23(32)13-3-4-14-10-27-11-28-19(14)9-13/h3-4,7-12H,5-6H2,1-2H3/t12-/m0/s1. The van der Waals surface area contributed by atoms with E-state index in [1.807, 2.05) is 6.92 Å². The summed E-state index contributed by atoms with van der Waals surface area (Å²) in [6, 6.07) is 6.85. The summed E-state index contributed by atoms with van der Waals surface area (Å²) in [6.07, 6.45) is 3.57. The predicted octanol–water partition coefficient (Wildman–Crippen LogP) is 4.21. The predicted molar refractivity (Wildman–Crippen MR) is 111 cm³/mol. The maximum absolute atomic E-state index is 13.8. The summed E-state index contributed by atoms with van der Waals surface area (Å²) in [6.45, 7) is 2.27. The molecule has 1 atom stereocenters. The van der Waals surface area contributed by atoms with E-state index in [0.29, 0.717) is 35.4 Å². The second-order valence-electron chi connectivity index (χ2n) is 7.81. The van der Waals surface area contributed by atoms with Crippen LogP contribution in [0.5, 0.6) is 0 Å². The Kier molecular flexibility index (Phi) is 4.69. The molecule has 2 aromatic heterocycles. The molecule has 0 aliphatic carbocycles. The van der Waals surface area contributed by atoms with Gasteiger partial charge in [0.25, 0.3) is 5.91 Å². The lowest BCUT2D eigenvalue weighted by atomic mass is 9.95. The Hall–Kier alpha value is -3.75. The van der Waals surface area contributed by atoms with Crippen LogP contribution in [0, 0.1) is 17.5 Å². The van der Waals surface area contributed by atoms with Gasteiger partial charge < -0.3 is 4.90 Å². The molecule has 2 aromatic carbocycles. The highest BCUT2D eigenvalue weighted by molar-refractivity contribution is 5.98. The summed E-state index contributed by atoms with van der Waals surface area (Å²) in [7, 11) is 1.66. The molecule has 0 radical (unpaired) electrons. The lowest BCUT2D eigenvalue weighted by Crippen LogP contribution is -2.38. The zero-order valence-electron chi connectivity index (χ0n) is 17.3. The lowest BCUT2D eigenvalue weighted by molar-refractivity contribution is 0.0674. The fourth-order valence-corrected chi connectivity index (χ4v) is 4.35. The molecule has 0 fully saturated rings. The molecule has 0 saturated carbocycles. The first-order chi connectivity index (χ1) is 15.3. The number of benzene rings is 2. The molecule has 162 valence electrons. The van der Waals surface area contributed by atoms with Gasteiger partial charge in [0, 0.05) is 41.9 Å². The van der Waals surface area contributed by atoms with Gasteiger partial charge in [-0.15, -0.1) is 0 Å². The molecule has 3 heterocycles. The minimum atomic E-state index is -1.50. The Balaban J connectivity index is 1.51. The molecular formula is C23H18F3N5O. The van der Waals surface area contributed by atoms with Crippen LogP contribution in [-0.4, -0.2) is 37.1 Å². The summed E-state index contributed by atoms with van der Waals surface area (Å²) in [5.41, 5.74) is 3.34. The van der Waals surface area contributed by atoms with Crippen LogP contribution in [0.15, 0.2) is 42.9 Å². The van der Waals surface area contributed by atoms with Crippen LogP contribution >= 0.6 is 0 Å². The zero-order chi connectivity index (χ0) is 22.6. The van der Waals surface area contributed by atoms with Crippen LogP contribution < -0.4 is 0 Å². The van der Waals surface area contributed by atoms with Crippen molar-refractivity contribution < 1.29 is 18.0 Å². The average Bonchev–Trinajstić information content (AvgIpc) is 3.13. The van der Waals surface area contributed by atoms with Gasteiger partial charge in [-0.3, -0.25) is 9.48 Å². The maximum atomic E-state index is 13.8. The Morgan fingerprint density at radius 3 is 2.62 bits per heavy atom. The average molecular weight is 437 g/mol. The van der Waals surface area contributed by atoms with Crippen LogP contribution in [0.25, 0.3) is 22.2 Å². The van der Waals surface area contributed by atoms with E-state index in [9.17, 15) is 18.0 Å². The first-order valence-corrected chi connectivity index (χ1v) is 10.1. The number of hydrogen-bond donors (Lipinski definition) is 0. The molecule has 0 bridgehead atoms. The Morgan fingerprint density at radius 2 is 1.88 bits per heavy atom. The van der Waals surface area contributed by atoms with E-state index < -0.39 is 17.5 Å². The summed E-state index contributed by atoms with van der Waals surface area (Å²) in [4.78, 5) is 23.2. The largest absolute Gasteiger partial charge is 0.330 e. The van der Waals surface area contributed by atoms with E-state index in [1.165, 1.54) is 11.0 Å². The monoisotopic (exact) mass is 437 g/mol. The smallest absolute Gasteiger partial charge is 0.254 e. The number of carbonyl (C=O) groups excluding carboxylic acids is 1. The normalized spacial score (nSPS) is 15.8. The van der Waals surface area contributed by atoms with Crippen LogP contribution in [0.4, 0.5) is 13.2 Å². The molecule has 1 aliphatic heterocycles. The van der Waals surface area contributed by atoms with E-state index in [0.717, 1.165) is 23.1 Å². The SMILES string of the molecule is C[C@H]1c2nn(C)c(-c3cc(F)c(F)c(F)c3)c2CCN1C(=O)c1ccc2cncnc2c1. The number of halogens is 3. The number of rotatable bonds is 2. The molecule has 1 amide bonds. The van der Waals surface area contributed by atoms with E-state index in [1.54, 1.807) is 36.3 Å². The number of nitrogens with zero attached hydrogens (tertiary/aromatic N) is 5. The zero-order valence-corrected chi connectivity index (χ0v) is 17.3. The van der Waals surface area contributed by atoms with Crippen molar-refractivity contribution >= 4 is 16.8 Å². The van der Waals surface area contributed by atoms with Crippen molar-refractivity contribution in [2.24, 2.45) is 7.05 Å². The van der Waals surface area contributed by atoms with Crippen molar-refractivity contribution in [3.63, 3.8) is 0 Å².